The molecule has 0 bridgehead atoms. The van der Waals surface area contributed by atoms with Crippen LogP contribution in [0.4, 0.5) is 11.4 Å². The number of fused-ring (bicyclic) bond motifs is 3. The van der Waals surface area contributed by atoms with Gasteiger partial charge in [0, 0.05) is 47.7 Å². The summed E-state index contributed by atoms with van der Waals surface area (Å²) in [6, 6.07) is 21.9. The molecule has 0 saturated carbocycles. The summed E-state index contributed by atoms with van der Waals surface area (Å²) in [6.07, 6.45) is 0. The number of hydrogen-bond donors (Lipinski definition) is 0. The van der Waals surface area contributed by atoms with Crippen molar-refractivity contribution in [3.05, 3.63) is 60.7 Å². The number of halogens is 3. The zero-order valence-corrected chi connectivity index (χ0v) is 18.6. The van der Waals surface area contributed by atoms with Crippen LogP contribution in [0.2, 0.25) is 0 Å². The van der Waals surface area contributed by atoms with Gasteiger partial charge >= 0.3 is 0 Å². The Balaban J connectivity index is 0.00000225. The van der Waals surface area contributed by atoms with E-state index in [1.54, 1.807) is 0 Å². The summed E-state index contributed by atoms with van der Waals surface area (Å²) < 4.78 is 0. The highest BCUT2D eigenvalue weighted by Gasteiger charge is 2.24. The van der Waals surface area contributed by atoms with Gasteiger partial charge in [-0.2, -0.15) is 0 Å². The zero-order chi connectivity index (χ0) is 18.6. The van der Waals surface area contributed by atoms with Crippen LogP contribution in [0.15, 0.2) is 70.5 Å². The van der Waals surface area contributed by atoms with E-state index in [-0.39, 0.29) is 12.4 Å². The van der Waals surface area contributed by atoms with E-state index in [1.165, 1.54) is 31.9 Å². The molecule has 0 spiro atoms. The molecule has 0 fully saturated rings. The predicted molar refractivity (Wildman–Crippen MR) is 127 cm³/mol. The Morgan fingerprint density at radius 2 is 1.39 bits per heavy atom. The van der Waals surface area contributed by atoms with Gasteiger partial charge in [0.2, 0.25) is 0 Å². The minimum Gasteiger partial charge on any atom is -0.338 e. The van der Waals surface area contributed by atoms with Crippen molar-refractivity contribution in [2.75, 3.05) is 42.8 Å². The SMILES string of the molecule is Cl.ClCCN(CCCl)CCN1c2ccccc2Sc2cc3ccccc3cc21. The summed E-state index contributed by atoms with van der Waals surface area (Å²) in [6.45, 7) is 3.58. The highest BCUT2D eigenvalue weighted by Crippen LogP contribution is 2.49. The molecule has 2 nitrogen and oxygen atoms in total. The quantitative estimate of drug-likeness (QED) is 0.370. The van der Waals surface area contributed by atoms with Crippen LogP contribution >= 0.6 is 47.4 Å². The highest BCUT2D eigenvalue weighted by molar-refractivity contribution is 7.99. The molecule has 0 N–H and O–H groups in total. The maximum Gasteiger partial charge on any atom is 0.0559 e. The van der Waals surface area contributed by atoms with Crippen molar-refractivity contribution < 1.29 is 0 Å². The van der Waals surface area contributed by atoms with Gasteiger partial charge in [-0.05, 0) is 35.0 Å². The maximum absolute atomic E-state index is 5.98. The molecule has 6 heteroatoms. The van der Waals surface area contributed by atoms with Gasteiger partial charge in [-0.1, -0.05) is 48.2 Å². The lowest BCUT2D eigenvalue weighted by atomic mass is 10.1. The van der Waals surface area contributed by atoms with E-state index in [9.17, 15) is 0 Å². The van der Waals surface area contributed by atoms with Crippen molar-refractivity contribution in [3.63, 3.8) is 0 Å². The van der Waals surface area contributed by atoms with Gasteiger partial charge in [-0.3, -0.25) is 4.90 Å². The Morgan fingerprint density at radius 1 is 0.750 bits per heavy atom. The van der Waals surface area contributed by atoms with Crippen LogP contribution in [-0.4, -0.2) is 42.8 Å². The van der Waals surface area contributed by atoms with Crippen LogP contribution in [0, 0.1) is 0 Å². The Kier molecular flexibility index (Phi) is 7.78. The third-order valence-corrected chi connectivity index (χ3v) is 6.39. The van der Waals surface area contributed by atoms with Gasteiger partial charge in [-0.25, -0.2) is 0 Å². The second-order valence-corrected chi connectivity index (χ2v) is 8.45. The van der Waals surface area contributed by atoms with Crippen molar-refractivity contribution in [1.82, 2.24) is 4.90 Å². The lowest BCUT2D eigenvalue weighted by Gasteiger charge is -2.34. The molecule has 0 saturated heterocycles. The fourth-order valence-electron chi connectivity index (χ4n) is 3.57. The topological polar surface area (TPSA) is 6.48 Å². The lowest BCUT2D eigenvalue weighted by Crippen LogP contribution is -2.36. The average molecular weight is 454 g/mol. The number of anilines is 2. The largest absolute Gasteiger partial charge is 0.338 e. The summed E-state index contributed by atoms with van der Waals surface area (Å²) in [7, 11) is 0. The van der Waals surface area contributed by atoms with Crippen LogP contribution < -0.4 is 4.90 Å². The van der Waals surface area contributed by atoms with Crippen LogP contribution in [0.3, 0.4) is 0 Å². The number of benzene rings is 3. The molecule has 148 valence electrons. The molecule has 3 aromatic rings. The molecular weight excluding hydrogens is 431 g/mol. The lowest BCUT2D eigenvalue weighted by molar-refractivity contribution is 0.315. The molecule has 0 aliphatic carbocycles. The van der Waals surface area contributed by atoms with Crippen LogP contribution in [0.25, 0.3) is 10.8 Å². The van der Waals surface area contributed by atoms with E-state index in [0.717, 1.165) is 26.2 Å². The first kappa shape index (κ1) is 21.6. The molecule has 1 heterocycles. The first-order chi connectivity index (χ1) is 13.3. The van der Waals surface area contributed by atoms with Gasteiger partial charge in [-0.15, -0.1) is 35.6 Å². The summed E-state index contributed by atoms with van der Waals surface area (Å²) in [4.78, 5) is 7.41. The van der Waals surface area contributed by atoms with Crippen molar-refractivity contribution in [3.8, 4) is 0 Å². The normalized spacial score (nSPS) is 12.6. The number of nitrogens with zero attached hydrogens (tertiary/aromatic N) is 2. The van der Waals surface area contributed by atoms with Gasteiger partial charge in [0.05, 0.1) is 11.4 Å². The molecule has 0 radical (unpaired) electrons. The maximum atomic E-state index is 5.98. The Hall–Kier alpha value is -1.10. The number of para-hydroxylation sites is 1. The molecule has 0 atom stereocenters. The minimum absolute atomic E-state index is 0. The predicted octanol–water partition coefficient (Wildman–Crippen LogP) is 6.64. The average Bonchev–Trinajstić information content (AvgIpc) is 2.70. The van der Waals surface area contributed by atoms with Crippen molar-refractivity contribution in [1.29, 1.82) is 0 Å². The van der Waals surface area contributed by atoms with Crippen LogP contribution in [0.1, 0.15) is 0 Å². The molecule has 0 aromatic heterocycles. The molecule has 28 heavy (non-hydrogen) atoms. The highest BCUT2D eigenvalue weighted by atomic mass is 35.5. The first-order valence-corrected chi connectivity index (χ1v) is 11.1. The second-order valence-electron chi connectivity index (χ2n) is 6.61. The smallest absolute Gasteiger partial charge is 0.0559 e. The van der Waals surface area contributed by atoms with Gasteiger partial charge < -0.3 is 4.90 Å². The summed E-state index contributed by atoms with van der Waals surface area (Å²) >= 11 is 13.8. The molecule has 0 amide bonds. The Labute approximate surface area is 187 Å². The van der Waals surface area contributed by atoms with E-state index in [2.05, 4.69) is 70.5 Å². The van der Waals surface area contributed by atoms with E-state index in [0.29, 0.717) is 11.8 Å². The van der Waals surface area contributed by atoms with E-state index in [4.69, 9.17) is 23.2 Å². The van der Waals surface area contributed by atoms with E-state index in [1.807, 2.05) is 11.8 Å². The molecule has 0 unspecified atom stereocenters. The molecule has 1 aliphatic rings. The van der Waals surface area contributed by atoms with Crippen molar-refractivity contribution in [2.45, 2.75) is 9.79 Å². The number of rotatable bonds is 7. The molecular formula is C22H23Cl3N2S. The van der Waals surface area contributed by atoms with Gasteiger partial charge in [0.25, 0.3) is 0 Å². The second kappa shape index (κ2) is 10.1. The van der Waals surface area contributed by atoms with Crippen LogP contribution in [0.5, 0.6) is 0 Å². The Bertz CT molecular complexity index is 929. The van der Waals surface area contributed by atoms with Gasteiger partial charge in [0.15, 0.2) is 0 Å². The van der Waals surface area contributed by atoms with Gasteiger partial charge in [0.1, 0.15) is 0 Å². The Morgan fingerprint density at radius 3 is 2.11 bits per heavy atom. The third-order valence-electron chi connectivity index (χ3n) is 4.94. The fraction of sp³-hybridized carbons (Fsp3) is 0.273. The molecule has 1 aliphatic heterocycles. The first-order valence-electron chi connectivity index (χ1n) is 9.21. The standard InChI is InChI=1S/C22H22Cl2N2S.ClH/c23-9-11-25(12-10-24)13-14-26-19-7-3-4-8-21(19)27-22-16-18-6-2-1-5-17(18)15-20(22)26;/h1-8,15-16H,9-14H2;1H. The third kappa shape index (κ3) is 4.55. The van der Waals surface area contributed by atoms with E-state index < -0.39 is 0 Å². The van der Waals surface area contributed by atoms with E-state index >= 15 is 0 Å². The zero-order valence-electron chi connectivity index (χ0n) is 15.5. The molecule has 3 aromatic carbocycles. The number of alkyl halides is 2. The fourth-order valence-corrected chi connectivity index (χ4v) is 5.18. The summed E-state index contributed by atoms with van der Waals surface area (Å²) in [5.74, 6) is 1.26. The monoisotopic (exact) mass is 452 g/mol. The van der Waals surface area contributed by atoms with Crippen molar-refractivity contribution >= 4 is 69.5 Å². The minimum atomic E-state index is 0. The summed E-state index contributed by atoms with van der Waals surface area (Å²) in [5.41, 5.74) is 2.57. The number of hydrogen-bond acceptors (Lipinski definition) is 3. The van der Waals surface area contributed by atoms with Crippen LogP contribution in [-0.2, 0) is 0 Å². The van der Waals surface area contributed by atoms with Crippen molar-refractivity contribution in [2.24, 2.45) is 0 Å². The molecule has 4 rings (SSSR count). The summed E-state index contributed by atoms with van der Waals surface area (Å²) in [5, 5.41) is 2.56.